The SMILES string of the molecule is CCOc1cc(Br)c(NC(=O)CCCNC)cc1OCC. The van der Waals surface area contributed by atoms with E-state index in [9.17, 15) is 4.79 Å². The predicted octanol–water partition coefficient (Wildman–Crippen LogP) is 3.18. The average Bonchev–Trinajstić information content (AvgIpc) is 2.44. The van der Waals surface area contributed by atoms with E-state index in [2.05, 4.69) is 26.6 Å². The molecule has 0 saturated heterocycles. The number of rotatable bonds is 9. The first-order chi connectivity index (χ1) is 10.1. The molecule has 0 spiro atoms. The Bertz CT molecular complexity index is 466. The first-order valence-corrected chi connectivity index (χ1v) is 7.95. The second-order valence-corrected chi connectivity index (χ2v) is 5.25. The first kappa shape index (κ1) is 17.8. The Labute approximate surface area is 134 Å². The van der Waals surface area contributed by atoms with E-state index in [4.69, 9.17) is 9.47 Å². The normalized spacial score (nSPS) is 10.3. The number of ether oxygens (including phenoxy) is 2. The van der Waals surface area contributed by atoms with Crippen molar-refractivity contribution in [2.45, 2.75) is 26.7 Å². The number of amides is 1. The van der Waals surface area contributed by atoms with Crippen LogP contribution in [0.4, 0.5) is 5.69 Å². The molecule has 0 radical (unpaired) electrons. The molecule has 118 valence electrons. The molecule has 2 N–H and O–H groups in total. The fraction of sp³-hybridized carbons (Fsp3) is 0.533. The molecule has 0 aliphatic rings. The van der Waals surface area contributed by atoms with Gasteiger partial charge in [-0.1, -0.05) is 0 Å². The van der Waals surface area contributed by atoms with E-state index in [0.29, 0.717) is 36.8 Å². The van der Waals surface area contributed by atoms with Crippen LogP contribution in [0.25, 0.3) is 0 Å². The van der Waals surface area contributed by atoms with Crippen molar-refractivity contribution in [1.29, 1.82) is 0 Å². The van der Waals surface area contributed by atoms with Crippen LogP contribution < -0.4 is 20.1 Å². The Balaban J connectivity index is 2.81. The number of nitrogens with one attached hydrogen (secondary N) is 2. The van der Waals surface area contributed by atoms with Gasteiger partial charge in [0.2, 0.25) is 5.91 Å². The Morgan fingerprint density at radius 1 is 1.19 bits per heavy atom. The number of hydrogen-bond acceptors (Lipinski definition) is 4. The first-order valence-electron chi connectivity index (χ1n) is 7.15. The number of hydrogen-bond donors (Lipinski definition) is 2. The van der Waals surface area contributed by atoms with Gasteiger partial charge in [0.15, 0.2) is 11.5 Å². The highest BCUT2D eigenvalue weighted by atomic mass is 79.9. The molecular weight excluding hydrogens is 336 g/mol. The zero-order valence-corrected chi connectivity index (χ0v) is 14.4. The maximum atomic E-state index is 11.9. The Kier molecular flexibility index (Phi) is 8.15. The smallest absolute Gasteiger partial charge is 0.224 e. The quantitative estimate of drug-likeness (QED) is 0.665. The van der Waals surface area contributed by atoms with Crippen molar-refractivity contribution in [2.75, 3.05) is 32.1 Å². The molecule has 0 aromatic heterocycles. The summed E-state index contributed by atoms with van der Waals surface area (Å²) in [5, 5.41) is 5.91. The van der Waals surface area contributed by atoms with Gasteiger partial charge >= 0.3 is 0 Å². The summed E-state index contributed by atoms with van der Waals surface area (Å²) in [4.78, 5) is 11.9. The highest BCUT2D eigenvalue weighted by Gasteiger charge is 2.12. The molecule has 0 unspecified atom stereocenters. The van der Waals surface area contributed by atoms with Gasteiger partial charge in [-0.25, -0.2) is 0 Å². The monoisotopic (exact) mass is 358 g/mol. The molecule has 21 heavy (non-hydrogen) atoms. The minimum absolute atomic E-state index is 0.0161. The van der Waals surface area contributed by atoms with E-state index in [1.807, 2.05) is 27.0 Å². The molecule has 0 heterocycles. The third-order valence-electron chi connectivity index (χ3n) is 2.74. The molecule has 0 bridgehead atoms. The fourth-order valence-electron chi connectivity index (χ4n) is 1.81. The van der Waals surface area contributed by atoms with E-state index in [-0.39, 0.29) is 5.91 Å². The van der Waals surface area contributed by atoms with Crippen molar-refractivity contribution >= 4 is 27.5 Å². The number of benzene rings is 1. The lowest BCUT2D eigenvalue weighted by molar-refractivity contribution is -0.116. The summed E-state index contributed by atoms with van der Waals surface area (Å²) in [6.07, 6.45) is 1.28. The molecule has 0 fully saturated rings. The summed E-state index contributed by atoms with van der Waals surface area (Å²) >= 11 is 3.45. The van der Waals surface area contributed by atoms with Crippen molar-refractivity contribution < 1.29 is 14.3 Å². The van der Waals surface area contributed by atoms with Crippen LogP contribution in [0.3, 0.4) is 0 Å². The van der Waals surface area contributed by atoms with Crippen LogP contribution in [0, 0.1) is 0 Å². The highest BCUT2D eigenvalue weighted by Crippen LogP contribution is 2.36. The summed E-state index contributed by atoms with van der Waals surface area (Å²) < 4.78 is 11.9. The molecule has 1 aromatic carbocycles. The van der Waals surface area contributed by atoms with Crippen LogP contribution in [-0.4, -0.2) is 32.7 Å². The van der Waals surface area contributed by atoms with E-state index in [1.54, 1.807) is 6.07 Å². The van der Waals surface area contributed by atoms with E-state index in [0.717, 1.165) is 17.4 Å². The zero-order chi connectivity index (χ0) is 15.7. The Morgan fingerprint density at radius 3 is 2.38 bits per heavy atom. The van der Waals surface area contributed by atoms with Gasteiger partial charge in [0, 0.05) is 23.0 Å². The third kappa shape index (κ3) is 5.93. The number of halogens is 1. The molecular formula is C15H23BrN2O3. The summed E-state index contributed by atoms with van der Waals surface area (Å²) in [6, 6.07) is 3.60. The summed E-state index contributed by atoms with van der Waals surface area (Å²) in [5.41, 5.74) is 0.691. The molecule has 0 saturated carbocycles. The van der Waals surface area contributed by atoms with Gasteiger partial charge < -0.3 is 20.1 Å². The van der Waals surface area contributed by atoms with Crippen LogP contribution in [0.5, 0.6) is 11.5 Å². The molecule has 5 nitrogen and oxygen atoms in total. The number of carbonyl (C=O) groups excluding carboxylic acids is 1. The molecule has 6 heteroatoms. The average molecular weight is 359 g/mol. The van der Waals surface area contributed by atoms with Crippen LogP contribution >= 0.6 is 15.9 Å². The van der Waals surface area contributed by atoms with E-state index >= 15 is 0 Å². The van der Waals surface area contributed by atoms with Crippen LogP contribution in [0.1, 0.15) is 26.7 Å². The van der Waals surface area contributed by atoms with Gasteiger partial charge in [-0.15, -0.1) is 0 Å². The fourth-order valence-corrected chi connectivity index (χ4v) is 2.23. The second-order valence-electron chi connectivity index (χ2n) is 4.40. The molecule has 0 aliphatic carbocycles. The lowest BCUT2D eigenvalue weighted by atomic mass is 10.2. The van der Waals surface area contributed by atoms with Gasteiger partial charge in [-0.3, -0.25) is 4.79 Å². The summed E-state index contributed by atoms with van der Waals surface area (Å²) in [7, 11) is 1.87. The minimum atomic E-state index is -0.0161. The van der Waals surface area contributed by atoms with E-state index < -0.39 is 0 Å². The highest BCUT2D eigenvalue weighted by molar-refractivity contribution is 9.10. The topological polar surface area (TPSA) is 59.6 Å². The summed E-state index contributed by atoms with van der Waals surface area (Å²) in [5.74, 6) is 1.28. The van der Waals surface area contributed by atoms with Crippen LogP contribution in [0.2, 0.25) is 0 Å². The Morgan fingerprint density at radius 2 is 1.81 bits per heavy atom. The van der Waals surface area contributed by atoms with E-state index in [1.165, 1.54) is 0 Å². The zero-order valence-electron chi connectivity index (χ0n) is 12.8. The molecule has 1 rings (SSSR count). The lowest BCUT2D eigenvalue weighted by Crippen LogP contribution is -2.15. The largest absolute Gasteiger partial charge is 0.490 e. The number of carbonyl (C=O) groups is 1. The molecule has 1 aromatic rings. The second kappa shape index (κ2) is 9.63. The lowest BCUT2D eigenvalue weighted by Gasteiger charge is -2.15. The maximum Gasteiger partial charge on any atom is 0.224 e. The van der Waals surface area contributed by atoms with Crippen molar-refractivity contribution in [3.05, 3.63) is 16.6 Å². The van der Waals surface area contributed by atoms with Gasteiger partial charge in [0.1, 0.15) is 0 Å². The minimum Gasteiger partial charge on any atom is -0.490 e. The molecule has 0 aliphatic heterocycles. The maximum absolute atomic E-state index is 11.9. The van der Waals surface area contributed by atoms with Crippen molar-refractivity contribution in [2.24, 2.45) is 0 Å². The van der Waals surface area contributed by atoms with Crippen LogP contribution in [-0.2, 0) is 4.79 Å². The van der Waals surface area contributed by atoms with Crippen molar-refractivity contribution in [3.8, 4) is 11.5 Å². The van der Waals surface area contributed by atoms with Crippen LogP contribution in [0.15, 0.2) is 16.6 Å². The van der Waals surface area contributed by atoms with Gasteiger partial charge in [0.05, 0.1) is 18.9 Å². The van der Waals surface area contributed by atoms with Gasteiger partial charge in [-0.05, 0) is 49.8 Å². The third-order valence-corrected chi connectivity index (χ3v) is 3.39. The predicted molar refractivity (Wildman–Crippen MR) is 88.3 cm³/mol. The standard InChI is InChI=1S/C15H23BrN2O3/c1-4-20-13-9-11(16)12(10-14(13)21-5-2)18-15(19)7-6-8-17-3/h9-10,17H,4-8H2,1-3H3,(H,18,19). The Hall–Kier alpha value is -1.27. The van der Waals surface area contributed by atoms with Crippen molar-refractivity contribution in [1.82, 2.24) is 5.32 Å². The van der Waals surface area contributed by atoms with Gasteiger partial charge in [0.25, 0.3) is 0 Å². The summed E-state index contributed by atoms with van der Waals surface area (Å²) in [6.45, 7) is 5.75. The van der Waals surface area contributed by atoms with Gasteiger partial charge in [-0.2, -0.15) is 0 Å². The molecule has 1 amide bonds. The molecule has 0 atom stereocenters. The van der Waals surface area contributed by atoms with Crippen molar-refractivity contribution in [3.63, 3.8) is 0 Å². The number of anilines is 1.